The summed E-state index contributed by atoms with van der Waals surface area (Å²) in [7, 11) is 0. The van der Waals surface area contributed by atoms with Crippen LogP contribution in [0, 0.1) is 0 Å². The summed E-state index contributed by atoms with van der Waals surface area (Å²) in [5.41, 5.74) is 5.90. The molecule has 0 unspecified atom stereocenters. The van der Waals surface area contributed by atoms with E-state index in [9.17, 15) is 0 Å². The minimum absolute atomic E-state index is 0.0482. The van der Waals surface area contributed by atoms with Crippen molar-refractivity contribution >= 4 is 17.4 Å². The maximum absolute atomic E-state index is 8.58. The number of amidine groups is 1. The van der Waals surface area contributed by atoms with Crippen LogP contribution in [0.2, 0.25) is 5.02 Å². The smallest absolute Gasteiger partial charge is 0.171 e. The summed E-state index contributed by atoms with van der Waals surface area (Å²) in [5, 5.41) is 11.8. The fourth-order valence-electron chi connectivity index (χ4n) is 1.36. The van der Waals surface area contributed by atoms with Crippen LogP contribution in [0.3, 0.4) is 0 Å². The molecule has 5 nitrogen and oxygen atoms in total. The van der Waals surface area contributed by atoms with E-state index >= 15 is 0 Å². The number of benzene rings is 1. The van der Waals surface area contributed by atoms with Crippen molar-refractivity contribution in [1.82, 2.24) is 4.98 Å². The van der Waals surface area contributed by atoms with Crippen molar-refractivity contribution in [2.75, 3.05) is 0 Å². The number of hydrogen-bond donors (Lipinski definition) is 2. The molecule has 6 heteroatoms. The Bertz CT molecular complexity index is 573. The van der Waals surface area contributed by atoms with E-state index in [0.717, 1.165) is 0 Å². The maximum Gasteiger partial charge on any atom is 0.171 e. The Balaban J connectivity index is 2.25. The second-order valence-corrected chi connectivity index (χ2v) is 3.82. The van der Waals surface area contributed by atoms with Gasteiger partial charge >= 0.3 is 0 Å². The predicted molar refractivity (Wildman–Crippen MR) is 68.3 cm³/mol. The number of halogens is 1. The number of nitrogens with two attached hydrogens (primary N) is 1. The third-order valence-electron chi connectivity index (χ3n) is 2.19. The van der Waals surface area contributed by atoms with Gasteiger partial charge in [-0.05, 0) is 24.3 Å². The Hall–Kier alpha value is -2.27. The molecule has 2 aromatic rings. The average molecular weight is 264 g/mol. The van der Waals surface area contributed by atoms with Gasteiger partial charge in [0.25, 0.3) is 0 Å². The van der Waals surface area contributed by atoms with Crippen LogP contribution in [0.5, 0.6) is 11.5 Å². The first-order valence-corrected chi connectivity index (χ1v) is 5.44. The van der Waals surface area contributed by atoms with E-state index in [1.807, 2.05) is 0 Å². The molecule has 0 aliphatic carbocycles. The number of oxime groups is 1. The minimum atomic E-state index is -0.0482. The molecular weight excluding hydrogens is 254 g/mol. The van der Waals surface area contributed by atoms with Crippen LogP contribution in [0.15, 0.2) is 47.9 Å². The van der Waals surface area contributed by atoms with E-state index in [0.29, 0.717) is 22.1 Å². The first kappa shape index (κ1) is 12.2. The van der Waals surface area contributed by atoms with Gasteiger partial charge in [-0.2, -0.15) is 0 Å². The van der Waals surface area contributed by atoms with Gasteiger partial charge in [-0.3, -0.25) is 4.98 Å². The van der Waals surface area contributed by atoms with E-state index in [-0.39, 0.29) is 5.84 Å². The number of ether oxygens (including phenoxy) is 1. The summed E-state index contributed by atoms with van der Waals surface area (Å²) < 4.78 is 5.54. The van der Waals surface area contributed by atoms with Gasteiger partial charge < -0.3 is 15.7 Å². The van der Waals surface area contributed by atoms with Crippen molar-refractivity contribution in [1.29, 1.82) is 0 Å². The molecule has 0 aliphatic heterocycles. The summed E-state index contributed by atoms with van der Waals surface area (Å²) in [4.78, 5) is 3.93. The molecule has 92 valence electrons. The summed E-state index contributed by atoms with van der Waals surface area (Å²) >= 11 is 6.00. The van der Waals surface area contributed by atoms with E-state index in [1.54, 1.807) is 42.7 Å². The van der Waals surface area contributed by atoms with Crippen molar-refractivity contribution in [2.45, 2.75) is 0 Å². The highest BCUT2D eigenvalue weighted by molar-refractivity contribution is 6.34. The fraction of sp³-hybridized carbons (Fsp3) is 0. The number of hydrogen-bond acceptors (Lipinski definition) is 4. The molecule has 0 bridgehead atoms. The monoisotopic (exact) mass is 263 g/mol. The highest BCUT2D eigenvalue weighted by Crippen LogP contribution is 2.26. The molecule has 1 aromatic carbocycles. The van der Waals surface area contributed by atoms with Gasteiger partial charge in [-0.15, -0.1) is 0 Å². The zero-order valence-electron chi connectivity index (χ0n) is 9.25. The van der Waals surface area contributed by atoms with Crippen molar-refractivity contribution in [2.24, 2.45) is 10.9 Å². The largest absolute Gasteiger partial charge is 0.456 e. The zero-order valence-corrected chi connectivity index (χ0v) is 10.0. The highest BCUT2D eigenvalue weighted by Gasteiger charge is 2.07. The second-order valence-electron chi connectivity index (χ2n) is 3.42. The van der Waals surface area contributed by atoms with Crippen LogP contribution < -0.4 is 10.5 Å². The van der Waals surface area contributed by atoms with E-state index in [4.69, 9.17) is 27.3 Å². The van der Waals surface area contributed by atoms with Crippen LogP contribution in [-0.4, -0.2) is 16.0 Å². The zero-order chi connectivity index (χ0) is 13.0. The third kappa shape index (κ3) is 2.70. The number of nitrogens with zero attached hydrogens (tertiary/aromatic N) is 2. The van der Waals surface area contributed by atoms with Gasteiger partial charge in [0.2, 0.25) is 0 Å². The highest BCUT2D eigenvalue weighted by atomic mass is 35.5. The Morgan fingerprint density at radius 1 is 1.33 bits per heavy atom. The molecule has 18 heavy (non-hydrogen) atoms. The molecule has 0 saturated carbocycles. The first-order valence-electron chi connectivity index (χ1n) is 5.06. The first-order chi connectivity index (χ1) is 8.70. The van der Waals surface area contributed by atoms with Gasteiger partial charge in [0, 0.05) is 17.8 Å². The molecule has 0 radical (unpaired) electrons. The third-order valence-corrected chi connectivity index (χ3v) is 2.51. The molecule has 0 atom stereocenters. The fourth-order valence-corrected chi connectivity index (χ4v) is 1.63. The normalized spacial score (nSPS) is 11.3. The van der Waals surface area contributed by atoms with E-state index in [2.05, 4.69) is 10.1 Å². The van der Waals surface area contributed by atoms with Gasteiger partial charge in [0.05, 0.1) is 11.2 Å². The van der Waals surface area contributed by atoms with Crippen LogP contribution >= 0.6 is 11.6 Å². The molecule has 0 amide bonds. The van der Waals surface area contributed by atoms with Crippen LogP contribution in [0.25, 0.3) is 0 Å². The average Bonchev–Trinajstić information content (AvgIpc) is 2.39. The molecule has 1 aromatic heterocycles. The van der Waals surface area contributed by atoms with Gasteiger partial charge in [0.1, 0.15) is 11.5 Å². The summed E-state index contributed by atoms with van der Waals surface area (Å²) in [6.07, 6.45) is 3.24. The lowest BCUT2D eigenvalue weighted by molar-refractivity contribution is 0.318. The van der Waals surface area contributed by atoms with Crippen LogP contribution in [0.4, 0.5) is 0 Å². The molecule has 0 fully saturated rings. The lowest BCUT2D eigenvalue weighted by Crippen LogP contribution is -2.13. The van der Waals surface area contributed by atoms with Crippen molar-refractivity contribution < 1.29 is 9.94 Å². The minimum Gasteiger partial charge on any atom is -0.456 e. The molecule has 3 N–H and O–H groups in total. The van der Waals surface area contributed by atoms with Crippen LogP contribution in [-0.2, 0) is 0 Å². The van der Waals surface area contributed by atoms with Crippen molar-refractivity contribution in [3.05, 3.63) is 53.3 Å². The SMILES string of the molecule is NC(=NO)c1ccc(Oc2cccnc2)cc1Cl. The summed E-state index contributed by atoms with van der Waals surface area (Å²) in [6.45, 7) is 0. The Morgan fingerprint density at radius 2 is 2.17 bits per heavy atom. The number of aromatic nitrogens is 1. The summed E-state index contributed by atoms with van der Waals surface area (Å²) in [6, 6.07) is 8.41. The van der Waals surface area contributed by atoms with Crippen molar-refractivity contribution in [3.8, 4) is 11.5 Å². The van der Waals surface area contributed by atoms with Gasteiger partial charge in [-0.1, -0.05) is 16.8 Å². The second kappa shape index (κ2) is 5.37. The quantitative estimate of drug-likeness (QED) is 0.386. The van der Waals surface area contributed by atoms with Gasteiger partial charge in [0.15, 0.2) is 5.84 Å². The predicted octanol–water partition coefficient (Wildman–Crippen LogP) is 2.62. The van der Waals surface area contributed by atoms with Gasteiger partial charge in [-0.25, -0.2) is 0 Å². The number of pyridine rings is 1. The molecular formula is C12H10ClN3O2. The van der Waals surface area contributed by atoms with E-state index < -0.39 is 0 Å². The van der Waals surface area contributed by atoms with Crippen LogP contribution in [0.1, 0.15) is 5.56 Å². The standard InChI is InChI=1S/C12H10ClN3O2/c13-11-6-8(3-4-10(11)12(14)16-17)18-9-2-1-5-15-7-9/h1-7,17H,(H2,14,16). The molecule has 0 aliphatic rings. The summed E-state index contributed by atoms with van der Waals surface area (Å²) in [5.74, 6) is 1.10. The lowest BCUT2D eigenvalue weighted by Gasteiger charge is -2.07. The topological polar surface area (TPSA) is 80.7 Å². The Kier molecular flexibility index (Phi) is 3.64. The number of rotatable bonds is 3. The maximum atomic E-state index is 8.58. The van der Waals surface area contributed by atoms with E-state index in [1.165, 1.54) is 0 Å². The molecule has 0 saturated heterocycles. The molecule has 0 spiro atoms. The lowest BCUT2D eigenvalue weighted by atomic mass is 10.2. The Morgan fingerprint density at radius 3 is 2.78 bits per heavy atom. The van der Waals surface area contributed by atoms with Crippen molar-refractivity contribution in [3.63, 3.8) is 0 Å². The Labute approximate surface area is 108 Å². The molecule has 2 rings (SSSR count). The molecule has 1 heterocycles.